The number of aromatic nitrogens is 5. The van der Waals surface area contributed by atoms with Crippen LogP contribution in [0.4, 0.5) is 16.0 Å². The SMILES string of the molecule is CNC(=O)c1cc(Oc2ccc3c(c2)nc(Nc2cc(F)ccc2-n2ccnc2)n3C)ccn1. The largest absolute Gasteiger partial charge is 0.457 e. The Morgan fingerprint density at radius 1 is 1.06 bits per heavy atom. The lowest BCUT2D eigenvalue weighted by atomic mass is 10.2. The average Bonchev–Trinajstić information content (AvgIpc) is 3.47. The molecule has 170 valence electrons. The number of benzene rings is 2. The first-order valence-electron chi connectivity index (χ1n) is 10.4. The molecule has 0 unspecified atom stereocenters. The fourth-order valence-electron chi connectivity index (χ4n) is 3.57. The van der Waals surface area contributed by atoms with Gasteiger partial charge < -0.3 is 24.5 Å². The van der Waals surface area contributed by atoms with Crippen LogP contribution in [0.5, 0.6) is 11.5 Å². The summed E-state index contributed by atoms with van der Waals surface area (Å²) in [5.41, 5.74) is 3.08. The summed E-state index contributed by atoms with van der Waals surface area (Å²) in [5, 5.41) is 5.76. The van der Waals surface area contributed by atoms with Crippen LogP contribution in [-0.2, 0) is 7.05 Å². The van der Waals surface area contributed by atoms with Gasteiger partial charge in [-0.15, -0.1) is 0 Å². The topological polar surface area (TPSA) is 98.9 Å². The van der Waals surface area contributed by atoms with Crippen molar-refractivity contribution in [3.05, 3.63) is 85.0 Å². The molecule has 0 saturated carbocycles. The molecule has 0 radical (unpaired) electrons. The highest BCUT2D eigenvalue weighted by molar-refractivity contribution is 5.92. The maximum atomic E-state index is 14.0. The lowest BCUT2D eigenvalue weighted by Gasteiger charge is -2.12. The minimum Gasteiger partial charge on any atom is -0.457 e. The monoisotopic (exact) mass is 457 g/mol. The zero-order valence-corrected chi connectivity index (χ0v) is 18.4. The van der Waals surface area contributed by atoms with Crippen molar-refractivity contribution in [2.45, 2.75) is 0 Å². The van der Waals surface area contributed by atoms with Crippen LogP contribution in [0.25, 0.3) is 16.7 Å². The number of hydrogen-bond acceptors (Lipinski definition) is 6. The molecule has 0 saturated heterocycles. The number of fused-ring (bicyclic) bond motifs is 1. The zero-order valence-electron chi connectivity index (χ0n) is 18.4. The van der Waals surface area contributed by atoms with E-state index in [0.29, 0.717) is 28.7 Å². The Balaban J connectivity index is 1.45. The second kappa shape index (κ2) is 8.66. The fourth-order valence-corrected chi connectivity index (χ4v) is 3.57. The van der Waals surface area contributed by atoms with Crippen LogP contribution in [0, 0.1) is 5.82 Å². The number of ether oxygens (including phenoxy) is 1. The zero-order chi connectivity index (χ0) is 23.7. The Hall–Kier alpha value is -4.73. The summed E-state index contributed by atoms with van der Waals surface area (Å²) in [5.74, 6) is 0.899. The Bertz CT molecular complexity index is 1500. The van der Waals surface area contributed by atoms with Crippen molar-refractivity contribution < 1.29 is 13.9 Å². The molecule has 3 aromatic heterocycles. The van der Waals surface area contributed by atoms with Gasteiger partial charge in [0, 0.05) is 44.8 Å². The molecular formula is C24H20FN7O2. The number of hydrogen-bond donors (Lipinski definition) is 2. The maximum absolute atomic E-state index is 14.0. The van der Waals surface area contributed by atoms with Gasteiger partial charge in [-0.05, 0) is 36.4 Å². The molecule has 34 heavy (non-hydrogen) atoms. The standard InChI is InChI=1S/C24H20FN7O2/c1-26-23(33)20-13-17(7-8-28-20)34-16-4-6-21-19(12-16)30-24(31(21)2)29-18-11-15(25)3-5-22(18)32-10-9-27-14-32/h3-14H,1-2H3,(H,26,33)(H,29,30). The molecule has 3 heterocycles. The van der Waals surface area contributed by atoms with E-state index < -0.39 is 0 Å². The first-order valence-corrected chi connectivity index (χ1v) is 10.4. The summed E-state index contributed by atoms with van der Waals surface area (Å²) >= 11 is 0. The third kappa shape index (κ3) is 4.04. The first-order chi connectivity index (χ1) is 16.5. The summed E-state index contributed by atoms with van der Waals surface area (Å²) in [4.78, 5) is 24.6. The average molecular weight is 457 g/mol. The number of halogens is 1. The molecule has 1 amide bonds. The molecule has 9 nitrogen and oxygen atoms in total. The number of imidazole rings is 2. The van der Waals surface area contributed by atoms with Gasteiger partial charge in [0.15, 0.2) is 0 Å². The van der Waals surface area contributed by atoms with E-state index in [4.69, 9.17) is 4.74 Å². The van der Waals surface area contributed by atoms with Gasteiger partial charge in [0.05, 0.1) is 28.7 Å². The van der Waals surface area contributed by atoms with Crippen LogP contribution in [0.2, 0.25) is 0 Å². The molecule has 5 rings (SSSR count). The Morgan fingerprint density at radius 2 is 1.91 bits per heavy atom. The summed E-state index contributed by atoms with van der Waals surface area (Å²) in [6, 6.07) is 13.2. The second-order valence-corrected chi connectivity index (χ2v) is 7.46. The number of nitrogens with one attached hydrogen (secondary N) is 2. The summed E-state index contributed by atoms with van der Waals surface area (Å²) in [7, 11) is 3.41. The van der Waals surface area contributed by atoms with Crippen LogP contribution >= 0.6 is 0 Å². The number of nitrogens with zero attached hydrogens (tertiary/aromatic N) is 5. The van der Waals surface area contributed by atoms with Gasteiger partial charge in [0.25, 0.3) is 5.91 Å². The lowest BCUT2D eigenvalue weighted by molar-refractivity contribution is 0.0958. The van der Waals surface area contributed by atoms with Crippen molar-refractivity contribution in [1.29, 1.82) is 0 Å². The van der Waals surface area contributed by atoms with E-state index in [1.54, 1.807) is 54.6 Å². The molecule has 0 aliphatic carbocycles. The molecule has 2 N–H and O–H groups in total. The molecule has 0 bridgehead atoms. The second-order valence-electron chi connectivity index (χ2n) is 7.46. The molecule has 2 aromatic carbocycles. The smallest absolute Gasteiger partial charge is 0.269 e. The summed E-state index contributed by atoms with van der Waals surface area (Å²) in [6.45, 7) is 0. The van der Waals surface area contributed by atoms with E-state index in [2.05, 4.69) is 25.6 Å². The van der Waals surface area contributed by atoms with Crippen molar-refractivity contribution >= 4 is 28.6 Å². The van der Waals surface area contributed by atoms with E-state index in [-0.39, 0.29) is 17.4 Å². The first kappa shape index (κ1) is 21.1. The molecular weight excluding hydrogens is 437 g/mol. The third-order valence-corrected chi connectivity index (χ3v) is 5.27. The van der Waals surface area contributed by atoms with Crippen molar-refractivity contribution in [2.75, 3.05) is 12.4 Å². The predicted molar refractivity (Wildman–Crippen MR) is 125 cm³/mol. The molecule has 0 aliphatic heterocycles. The summed E-state index contributed by atoms with van der Waals surface area (Å²) in [6.07, 6.45) is 6.60. The minimum absolute atomic E-state index is 0.259. The molecule has 0 aliphatic rings. The number of amides is 1. The number of rotatable bonds is 6. The fraction of sp³-hybridized carbons (Fsp3) is 0.0833. The van der Waals surface area contributed by atoms with Crippen LogP contribution in [0.3, 0.4) is 0 Å². The Morgan fingerprint density at radius 3 is 2.71 bits per heavy atom. The third-order valence-electron chi connectivity index (χ3n) is 5.27. The van der Waals surface area contributed by atoms with Gasteiger partial charge in [-0.25, -0.2) is 14.4 Å². The lowest BCUT2D eigenvalue weighted by Crippen LogP contribution is -2.18. The van der Waals surface area contributed by atoms with Crippen LogP contribution in [-0.4, -0.2) is 37.0 Å². The number of aryl methyl sites for hydroxylation is 1. The van der Waals surface area contributed by atoms with Gasteiger partial charge in [0.1, 0.15) is 23.0 Å². The molecule has 5 aromatic rings. The van der Waals surface area contributed by atoms with Gasteiger partial charge >= 0.3 is 0 Å². The van der Waals surface area contributed by atoms with Crippen LogP contribution in [0.15, 0.2) is 73.4 Å². The normalized spacial score (nSPS) is 10.9. The Kier molecular flexibility index (Phi) is 5.38. The van der Waals surface area contributed by atoms with Gasteiger partial charge in [0.2, 0.25) is 5.95 Å². The van der Waals surface area contributed by atoms with Gasteiger partial charge in [-0.1, -0.05) is 0 Å². The van der Waals surface area contributed by atoms with Gasteiger partial charge in [-0.3, -0.25) is 9.78 Å². The molecule has 0 atom stereocenters. The van der Waals surface area contributed by atoms with Crippen LogP contribution in [0.1, 0.15) is 10.5 Å². The Labute approximate surface area is 193 Å². The number of anilines is 2. The van der Waals surface area contributed by atoms with E-state index in [0.717, 1.165) is 11.2 Å². The summed E-state index contributed by atoms with van der Waals surface area (Å²) < 4.78 is 23.6. The number of carbonyl (C=O) groups is 1. The van der Waals surface area contributed by atoms with Crippen molar-refractivity contribution in [1.82, 2.24) is 29.4 Å². The molecule has 0 fully saturated rings. The van der Waals surface area contributed by atoms with E-state index in [1.165, 1.54) is 18.3 Å². The maximum Gasteiger partial charge on any atom is 0.269 e. The highest BCUT2D eigenvalue weighted by Crippen LogP contribution is 2.30. The van der Waals surface area contributed by atoms with Crippen LogP contribution < -0.4 is 15.4 Å². The predicted octanol–water partition coefficient (Wildman–Crippen LogP) is 4.19. The minimum atomic E-state index is -0.366. The van der Waals surface area contributed by atoms with Crippen molar-refractivity contribution in [3.63, 3.8) is 0 Å². The quantitative estimate of drug-likeness (QED) is 0.397. The van der Waals surface area contributed by atoms with Gasteiger partial charge in [-0.2, -0.15) is 0 Å². The molecule has 10 heteroatoms. The highest BCUT2D eigenvalue weighted by atomic mass is 19.1. The highest BCUT2D eigenvalue weighted by Gasteiger charge is 2.13. The van der Waals surface area contributed by atoms with E-state index >= 15 is 0 Å². The number of pyridine rings is 1. The van der Waals surface area contributed by atoms with Crippen molar-refractivity contribution in [3.8, 4) is 17.2 Å². The van der Waals surface area contributed by atoms with E-state index in [9.17, 15) is 9.18 Å². The van der Waals surface area contributed by atoms with E-state index in [1.807, 2.05) is 23.7 Å². The van der Waals surface area contributed by atoms with Crippen molar-refractivity contribution in [2.24, 2.45) is 7.05 Å². The number of carbonyl (C=O) groups excluding carboxylic acids is 1. The molecule has 0 spiro atoms.